The first-order valence-corrected chi connectivity index (χ1v) is 7.60. The summed E-state index contributed by atoms with van der Waals surface area (Å²) in [5.74, 6) is 0.551. The molecule has 4 rings (SSSR count). The fourth-order valence-electron chi connectivity index (χ4n) is 3.55. The van der Waals surface area contributed by atoms with E-state index >= 15 is 0 Å². The summed E-state index contributed by atoms with van der Waals surface area (Å²) in [5.41, 5.74) is 8.55. The van der Waals surface area contributed by atoms with Crippen molar-refractivity contribution in [3.63, 3.8) is 0 Å². The SMILES string of the molecule is NC1C=C2CC(=CC1)CC1(C2)N=C(c2ccccn2)NC1=O. The maximum absolute atomic E-state index is 12.6. The molecule has 1 amide bonds. The molecule has 0 saturated heterocycles. The number of nitrogens with zero attached hydrogens (tertiary/aromatic N) is 2. The maximum atomic E-state index is 12.6. The molecular weight excluding hydrogens is 276 g/mol. The van der Waals surface area contributed by atoms with E-state index in [1.807, 2.05) is 18.2 Å². The third-order valence-corrected chi connectivity index (χ3v) is 4.51. The molecule has 1 saturated carbocycles. The number of aliphatic imine (C=N–C) groups is 1. The average Bonchev–Trinajstić information content (AvgIpc) is 2.74. The molecule has 0 aromatic carbocycles. The summed E-state index contributed by atoms with van der Waals surface area (Å²) in [6.07, 6.45) is 9.09. The molecule has 2 heterocycles. The molecule has 112 valence electrons. The zero-order valence-electron chi connectivity index (χ0n) is 12.2. The molecule has 1 fully saturated rings. The van der Waals surface area contributed by atoms with Crippen LogP contribution in [0.15, 0.2) is 52.7 Å². The molecule has 1 aromatic rings. The van der Waals surface area contributed by atoms with Gasteiger partial charge in [-0.05, 0) is 25.0 Å². The van der Waals surface area contributed by atoms with Crippen LogP contribution < -0.4 is 11.1 Å². The quantitative estimate of drug-likeness (QED) is 0.770. The first-order valence-electron chi connectivity index (χ1n) is 7.60. The van der Waals surface area contributed by atoms with Gasteiger partial charge >= 0.3 is 0 Å². The van der Waals surface area contributed by atoms with Crippen LogP contribution in [0.1, 0.15) is 31.4 Å². The van der Waals surface area contributed by atoms with Crippen LogP contribution in [0.5, 0.6) is 0 Å². The third kappa shape index (κ3) is 2.18. The van der Waals surface area contributed by atoms with E-state index in [0.29, 0.717) is 24.4 Å². The smallest absolute Gasteiger partial charge is 0.254 e. The van der Waals surface area contributed by atoms with Crippen molar-refractivity contribution in [1.29, 1.82) is 0 Å². The lowest BCUT2D eigenvalue weighted by molar-refractivity contribution is -0.123. The summed E-state index contributed by atoms with van der Waals surface area (Å²) in [7, 11) is 0. The van der Waals surface area contributed by atoms with Crippen LogP contribution in [-0.2, 0) is 4.79 Å². The Bertz CT molecular complexity index is 719. The van der Waals surface area contributed by atoms with Crippen LogP contribution in [0.25, 0.3) is 0 Å². The number of rotatable bonds is 1. The number of hydrogen-bond donors (Lipinski definition) is 2. The monoisotopic (exact) mass is 294 g/mol. The van der Waals surface area contributed by atoms with Crippen molar-refractivity contribution < 1.29 is 4.79 Å². The minimum atomic E-state index is -0.715. The molecule has 3 N–H and O–H groups in total. The lowest BCUT2D eigenvalue weighted by Crippen LogP contribution is -2.42. The summed E-state index contributed by atoms with van der Waals surface area (Å²) in [6.45, 7) is 0. The van der Waals surface area contributed by atoms with Crippen LogP contribution in [0.3, 0.4) is 0 Å². The van der Waals surface area contributed by atoms with E-state index in [1.54, 1.807) is 6.20 Å². The van der Waals surface area contributed by atoms with Crippen molar-refractivity contribution in [3.8, 4) is 0 Å². The van der Waals surface area contributed by atoms with Crippen molar-refractivity contribution in [1.82, 2.24) is 10.3 Å². The van der Waals surface area contributed by atoms with Crippen molar-refractivity contribution in [3.05, 3.63) is 53.4 Å². The Balaban J connectivity index is 1.74. The highest BCUT2D eigenvalue weighted by Gasteiger charge is 2.47. The van der Waals surface area contributed by atoms with E-state index in [4.69, 9.17) is 10.7 Å². The standard InChI is InChI=1S/C17H18N4O/c18-13-5-4-11-7-12(8-13)10-17(9-11)16(22)20-15(21-17)14-3-1-2-6-19-14/h1-4,6,8,13H,5,7,9-10,18H2,(H,20,21,22). The molecule has 2 unspecified atom stereocenters. The normalized spacial score (nSPS) is 30.3. The van der Waals surface area contributed by atoms with E-state index < -0.39 is 5.54 Å². The van der Waals surface area contributed by atoms with Gasteiger partial charge in [0.1, 0.15) is 11.2 Å². The van der Waals surface area contributed by atoms with E-state index in [2.05, 4.69) is 22.5 Å². The first kappa shape index (κ1) is 13.4. The number of amidine groups is 1. The number of carbonyl (C=O) groups excluding carboxylic acids is 1. The molecule has 1 aliphatic heterocycles. The van der Waals surface area contributed by atoms with Crippen molar-refractivity contribution in [2.75, 3.05) is 0 Å². The zero-order chi connectivity index (χ0) is 15.2. The minimum absolute atomic E-state index is 0.0277. The van der Waals surface area contributed by atoms with Gasteiger partial charge in [-0.1, -0.05) is 29.4 Å². The van der Waals surface area contributed by atoms with Crippen LogP contribution >= 0.6 is 0 Å². The summed E-state index contributed by atoms with van der Waals surface area (Å²) in [5, 5.41) is 2.91. The Morgan fingerprint density at radius 3 is 2.95 bits per heavy atom. The Labute approximate surface area is 129 Å². The summed E-state index contributed by atoms with van der Waals surface area (Å²) in [4.78, 5) is 21.7. The van der Waals surface area contributed by atoms with Gasteiger partial charge in [-0.3, -0.25) is 9.78 Å². The second-order valence-electron chi connectivity index (χ2n) is 6.28. The molecule has 22 heavy (non-hydrogen) atoms. The number of hydrogen-bond acceptors (Lipinski definition) is 4. The molecule has 0 radical (unpaired) electrons. The van der Waals surface area contributed by atoms with Gasteiger partial charge in [-0.2, -0.15) is 0 Å². The second-order valence-corrected chi connectivity index (χ2v) is 6.28. The number of aromatic nitrogens is 1. The Morgan fingerprint density at radius 2 is 2.14 bits per heavy atom. The van der Waals surface area contributed by atoms with Gasteiger partial charge in [0.25, 0.3) is 5.91 Å². The van der Waals surface area contributed by atoms with Crippen molar-refractivity contribution in [2.45, 2.75) is 37.3 Å². The molecule has 2 atom stereocenters. The number of fused-ring (bicyclic) bond motifs is 2. The summed E-state index contributed by atoms with van der Waals surface area (Å²) < 4.78 is 0. The predicted octanol–water partition coefficient (Wildman–Crippen LogP) is 1.46. The van der Waals surface area contributed by atoms with Crippen LogP contribution in [0.4, 0.5) is 0 Å². The molecule has 2 aliphatic carbocycles. The molecule has 5 nitrogen and oxygen atoms in total. The zero-order valence-corrected chi connectivity index (χ0v) is 12.2. The summed E-state index contributed by atoms with van der Waals surface area (Å²) >= 11 is 0. The first-order chi connectivity index (χ1) is 10.6. The Kier molecular flexibility index (Phi) is 2.97. The molecule has 1 aromatic heterocycles. The largest absolute Gasteiger partial charge is 0.324 e. The number of nitrogens with two attached hydrogens (primary N) is 1. The van der Waals surface area contributed by atoms with Gasteiger partial charge in [0, 0.05) is 25.1 Å². The fraction of sp³-hybridized carbons (Fsp3) is 0.353. The predicted molar refractivity (Wildman–Crippen MR) is 84.3 cm³/mol. The minimum Gasteiger partial charge on any atom is -0.324 e. The van der Waals surface area contributed by atoms with E-state index in [0.717, 1.165) is 12.8 Å². The molecule has 2 bridgehead atoms. The van der Waals surface area contributed by atoms with Gasteiger partial charge in [0.15, 0.2) is 5.84 Å². The van der Waals surface area contributed by atoms with Crippen LogP contribution in [-0.4, -0.2) is 28.3 Å². The molecular formula is C17H18N4O. The van der Waals surface area contributed by atoms with E-state index in [9.17, 15) is 4.79 Å². The third-order valence-electron chi connectivity index (χ3n) is 4.51. The number of pyridine rings is 1. The Hall–Kier alpha value is -2.27. The average molecular weight is 294 g/mol. The van der Waals surface area contributed by atoms with E-state index in [-0.39, 0.29) is 11.9 Å². The second kappa shape index (κ2) is 4.88. The molecule has 5 heteroatoms. The van der Waals surface area contributed by atoms with Gasteiger partial charge in [-0.15, -0.1) is 0 Å². The number of amides is 1. The maximum Gasteiger partial charge on any atom is 0.254 e. The van der Waals surface area contributed by atoms with Crippen molar-refractivity contribution in [2.24, 2.45) is 10.7 Å². The van der Waals surface area contributed by atoms with Crippen molar-refractivity contribution >= 4 is 11.7 Å². The fourth-order valence-corrected chi connectivity index (χ4v) is 3.55. The van der Waals surface area contributed by atoms with E-state index in [1.165, 1.54) is 11.1 Å². The highest BCUT2D eigenvalue weighted by atomic mass is 16.2. The van der Waals surface area contributed by atoms with Gasteiger partial charge in [-0.25, -0.2) is 4.99 Å². The highest BCUT2D eigenvalue weighted by Crippen LogP contribution is 2.42. The lowest BCUT2D eigenvalue weighted by atomic mass is 9.76. The molecule has 1 spiro atoms. The van der Waals surface area contributed by atoms with Gasteiger partial charge < -0.3 is 11.1 Å². The van der Waals surface area contributed by atoms with Gasteiger partial charge in [0.05, 0.1) is 0 Å². The highest BCUT2D eigenvalue weighted by molar-refractivity contribution is 6.14. The number of carbonyl (C=O) groups is 1. The Morgan fingerprint density at radius 1 is 1.27 bits per heavy atom. The topological polar surface area (TPSA) is 80.4 Å². The van der Waals surface area contributed by atoms with Gasteiger partial charge in [0.2, 0.25) is 0 Å². The van der Waals surface area contributed by atoms with Crippen LogP contribution in [0.2, 0.25) is 0 Å². The lowest BCUT2D eigenvalue weighted by Gasteiger charge is -2.31. The molecule has 3 aliphatic rings. The number of nitrogens with one attached hydrogen (secondary N) is 1. The van der Waals surface area contributed by atoms with Crippen LogP contribution in [0, 0.1) is 0 Å². The summed E-state index contributed by atoms with van der Waals surface area (Å²) in [6, 6.07) is 5.66.